The third kappa shape index (κ3) is 1.97. The van der Waals surface area contributed by atoms with Crippen LogP contribution in [0, 0.1) is 5.41 Å². The molecule has 1 aromatic rings. The second-order valence-corrected chi connectivity index (χ2v) is 5.09. The fourth-order valence-corrected chi connectivity index (χ4v) is 2.10. The van der Waals surface area contributed by atoms with Gasteiger partial charge in [0.2, 0.25) is 0 Å². The molecule has 1 aromatic heterocycles. The Bertz CT molecular complexity index is 370. The van der Waals surface area contributed by atoms with Crippen molar-refractivity contribution in [3.63, 3.8) is 0 Å². The van der Waals surface area contributed by atoms with E-state index in [1.807, 2.05) is 4.90 Å². The Morgan fingerprint density at radius 1 is 1.62 bits per heavy atom. The molecule has 1 saturated heterocycles. The van der Waals surface area contributed by atoms with E-state index in [0.717, 1.165) is 6.42 Å². The van der Waals surface area contributed by atoms with Crippen molar-refractivity contribution in [2.24, 2.45) is 11.1 Å². The highest BCUT2D eigenvalue weighted by molar-refractivity contribution is 5.91. The quantitative estimate of drug-likeness (QED) is 0.783. The number of furan rings is 1. The van der Waals surface area contributed by atoms with Gasteiger partial charge in [-0.25, -0.2) is 0 Å². The Hall–Kier alpha value is -1.29. The van der Waals surface area contributed by atoms with Crippen LogP contribution < -0.4 is 5.73 Å². The molecule has 1 unspecified atom stereocenters. The molecular weight excluding hydrogens is 204 g/mol. The van der Waals surface area contributed by atoms with Gasteiger partial charge >= 0.3 is 0 Å². The van der Waals surface area contributed by atoms with E-state index in [-0.39, 0.29) is 17.4 Å². The van der Waals surface area contributed by atoms with Crippen LogP contribution in [0.25, 0.3) is 0 Å². The maximum absolute atomic E-state index is 12.0. The molecule has 2 rings (SSSR count). The summed E-state index contributed by atoms with van der Waals surface area (Å²) in [6, 6.07) is 3.59. The molecule has 0 saturated carbocycles. The van der Waals surface area contributed by atoms with Crippen LogP contribution in [0.4, 0.5) is 0 Å². The van der Waals surface area contributed by atoms with Crippen molar-refractivity contribution in [3.05, 3.63) is 24.2 Å². The number of piperidine rings is 1. The molecule has 0 aliphatic carbocycles. The molecule has 4 nitrogen and oxygen atoms in total. The molecule has 1 fully saturated rings. The predicted octanol–water partition coefficient (Wildman–Crippen LogP) is 1.48. The van der Waals surface area contributed by atoms with Crippen LogP contribution in [0.1, 0.15) is 30.8 Å². The number of rotatable bonds is 1. The zero-order chi connectivity index (χ0) is 11.8. The maximum atomic E-state index is 12.0. The summed E-state index contributed by atoms with van der Waals surface area (Å²) in [5.74, 6) is 0.372. The summed E-state index contributed by atoms with van der Waals surface area (Å²) in [6.45, 7) is 5.59. The van der Waals surface area contributed by atoms with Gasteiger partial charge in [-0.15, -0.1) is 0 Å². The Kier molecular flexibility index (Phi) is 2.76. The lowest BCUT2D eigenvalue weighted by Gasteiger charge is -2.42. The van der Waals surface area contributed by atoms with Crippen molar-refractivity contribution < 1.29 is 9.21 Å². The summed E-state index contributed by atoms with van der Waals surface area (Å²) < 4.78 is 5.12. The molecule has 1 atom stereocenters. The fraction of sp³-hybridized carbons (Fsp3) is 0.583. The van der Waals surface area contributed by atoms with E-state index >= 15 is 0 Å². The highest BCUT2D eigenvalue weighted by atomic mass is 16.3. The zero-order valence-corrected chi connectivity index (χ0v) is 9.77. The van der Waals surface area contributed by atoms with Gasteiger partial charge in [0.25, 0.3) is 5.91 Å². The van der Waals surface area contributed by atoms with Crippen molar-refractivity contribution >= 4 is 5.91 Å². The number of nitrogens with two attached hydrogens (primary N) is 1. The van der Waals surface area contributed by atoms with Crippen molar-refractivity contribution in [1.29, 1.82) is 0 Å². The van der Waals surface area contributed by atoms with Crippen LogP contribution in [-0.4, -0.2) is 29.9 Å². The number of hydrogen-bond acceptors (Lipinski definition) is 3. The first-order valence-corrected chi connectivity index (χ1v) is 5.59. The first-order chi connectivity index (χ1) is 7.50. The molecule has 16 heavy (non-hydrogen) atoms. The molecule has 0 aromatic carbocycles. The monoisotopic (exact) mass is 222 g/mol. The van der Waals surface area contributed by atoms with Crippen LogP contribution in [-0.2, 0) is 0 Å². The Balaban J connectivity index is 2.10. The van der Waals surface area contributed by atoms with Crippen molar-refractivity contribution in [3.8, 4) is 0 Å². The van der Waals surface area contributed by atoms with Crippen LogP contribution in [0.2, 0.25) is 0 Å². The van der Waals surface area contributed by atoms with Crippen LogP contribution in [0.3, 0.4) is 0 Å². The Morgan fingerprint density at radius 3 is 2.94 bits per heavy atom. The molecule has 1 aliphatic heterocycles. The number of hydrogen-bond donors (Lipinski definition) is 1. The van der Waals surface area contributed by atoms with E-state index in [1.54, 1.807) is 12.1 Å². The minimum atomic E-state index is -0.0371. The largest absolute Gasteiger partial charge is 0.459 e. The zero-order valence-electron chi connectivity index (χ0n) is 9.77. The lowest BCUT2D eigenvalue weighted by Crippen LogP contribution is -2.53. The fourth-order valence-electron chi connectivity index (χ4n) is 2.10. The van der Waals surface area contributed by atoms with E-state index in [1.165, 1.54) is 6.26 Å². The number of carbonyl (C=O) groups is 1. The SMILES string of the molecule is CC1(C)CN(C(=O)c2ccco2)CCC1N. The van der Waals surface area contributed by atoms with E-state index in [4.69, 9.17) is 10.2 Å². The van der Waals surface area contributed by atoms with Gasteiger partial charge in [0, 0.05) is 19.1 Å². The third-order valence-electron chi connectivity index (χ3n) is 3.33. The van der Waals surface area contributed by atoms with Gasteiger partial charge in [0.05, 0.1) is 6.26 Å². The Labute approximate surface area is 95.4 Å². The third-order valence-corrected chi connectivity index (χ3v) is 3.33. The summed E-state index contributed by atoms with van der Waals surface area (Å²) in [6.07, 6.45) is 2.37. The second kappa shape index (κ2) is 3.94. The lowest BCUT2D eigenvalue weighted by atomic mass is 9.79. The summed E-state index contributed by atoms with van der Waals surface area (Å²) in [7, 11) is 0. The number of carbonyl (C=O) groups excluding carboxylic acids is 1. The molecule has 0 spiro atoms. The van der Waals surface area contributed by atoms with Gasteiger partial charge in [-0.1, -0.05) is 13.8 Å². The highest BCUT2D eigenvalue weighted by Gasteiger charge is 2.36. The summed E-state index contributed by atoms with van der Waals surface area (Å²) in [4.78, 5) is 13.9. The van der Waals surface area contributed by atoms with Crippen LogP contribution in [0.15, 0.2) is 22.8 Å². The molecule has 1 aliphatic rings. The number of likely N-dealkylation sites (tertiary alicyclic amines) is 1. The Morgan fingerprint density at radius 2 is 2.38 bits per heavy atom. The van der Waals surface area contributed by atoms with Gasteiger partial charge < -0.3 is 15.1 Å². The summed E-state index contributed by atoms with van der Waals surface area (Å²) in [5.41, 5.74) is 6.00. The molecule has 4 heteroatoms. The van der Waals surface area contributed by atoms with Crippen molar-refractivity contribution in [2.45, 2.75) is 26.3 Å². The van der Waals surface area contributed by atoms with E-state index < -0.39 is 0 Å². The highest BCUT2D eigenvalue weighted by Crippen LogP contribution is 2.28. The molecule has 88 valence electrons. The summed E-state index contributed by atoms with van der Waals surface area (Å²) >= 11 is 0. The molecule has 0 bridgehead atoms. The second-order valence-electron chi connectivity index (χ2n) is 5.09. The van der Waals surface area contributed by atoms with E-state index in [0.29, 0.717) is 18.8 Å². The first-order valence-electron chi connectivity index (χ1n) is 5.59. The van der Waals surface area contributed by atoms with E-state index in [2.05, 4.69) is 13.8 Å². The minimum absolute atomic E-state index is 0.0273. The summed E-state index contributed by atoms with van der Waals surface area (Å²) in [5, 5.41) is 0. The maximum Gasteiger partial charge on any atom is 0.289 e. The van der Waals surface area contributed by atoms with Crippen molar-refractivity contribution in [1.82, 2.24) is 4.90 Å². The molecular formula is C12H18N2O2. The van der Waals surface area contributed by atoms with Gasteiger partial charge in [-0.3, -0.25) is 4.79 Å². The van der Waals surface area contributed by atoms with Crippen molar-refractivity contribution in [2.75, 3.05) is 13.1 Å². The smallest absolute Gasteiger partial charge is 0.289 e. The predicted molar refractivity (Wildman–Crippen MR) is 61.0 cm³/mol. The minimum Gasteiger partial charge on any atom is -0.459 e. The standard InChI is InChI=1S/C12H18N2O2/c1-12(2)8-14(6-5-10(12)13)11(15)9-4-3-7-16-9/h3-4,7,10H,5-6,8,13H2,1-2H3. The molecule has 1 amide bonds. The van der Waals surface area contributed by atoms with Gasteiger partial charge in [-0.05, 0) is 24.0 Å². The number of amides is 1. The van der Waals surface area contributed by atoms with E-state index in [9.17, 15) is 4.79 Å². The average molecular weight is 222 g/mol. The normalized spacial score (nSPS) is 24.4. The average Bonchev–Trinajstić information content (AvgIpc) is 2.74. The molecule has 2 N–H and O–H groups in total. The van der Waals surface area contributed by atoms with Gasteiger partial charge in [0.1, 0.15) is 0 Å². The number of nitrogens with zero attached hydrogens (tertiary/aromatic N) is 1. The lowest BCUT2D eigenvalue weighted by molar-refractivity contribution is 0.0503. The van der Waals surface area contributed by atoms with Gasteiger partial charge in [-0.2, -0.15) is 0 Å². The molecule has 2 heterocycles. The van der Waals surface area contributed by atoms with Crippen LogP contribution in [0.5, 0.6) is 0 Å². The van der Waals surface area contributed by atoms with Gasteiger partial charge in [0.15, 0.2) is 5.76 Å². The first kappa shape index (κ1) is 11.2. The topological polar surface area (TPSA) is 59.5 Å². The molecule has 0 radical (unpaired) electrons. The van der Waals surface area contributed by atoms with Crippen LogP contribution >= 0.6 is 0 Å².